The van der Waals surface area contributed by atoms with Crippen LogP contribution in [0.2, 0.25) is 0 Å². The van der Waals surface area contributed by atoms with Gasteiger partial charge in [0.1, 0.15) is 5.75 Å². The molecule has 24 heavy (non-hydrogen) atoms. The molecule has 0 spiro atoms. The lowest BCUT2D eigenvalue weighted by molar-refractivity contribution is 0.471. The van der Waals surface area contributed by atoms with E-state index in [2.05, 4.69) is 63.1 Å². The molecule has 2 N–H and O–H groups in total. The Morgan fingerprint density at radius 3 is 2.67 bits per heavy atom. The summed E-state index contributed by atoms with van der Waals surface area (Å²) in [6.45, 7) is 0. The topological polar surface area (TPSA) is 66.2 Å². The fraction of sp³-hybridized carbons (Fsp3) is 0. The van der Waals surface area contributed by atoms with E-state index in [1.807, 2.05) is 24.3 Å². The molecule has 5 nitrogen and oxygen atoms in total. The highest BCUT2D eigenvalue weighted by Gasteiger charge is 2.11. The number of hydrogen-bond donors (Lipinski definition) is 2. The summed E-state index contributed by atoms with van der Waals surface area (Å²) < 4.78 is 4.12. The van der Waals surface area contributed by atoms with Crippen molar-refractivity contribution in [3.05, 3.63) is 60.2 Å². The van der Waals surface area contributed by atoms with Gasteiger partial charge in [0, 0.05) is 20.1 Å². The van der Waals surface area contributed by atoms with E-state index in [4.69, 9.17) is 12.2 Å². The van der Waals surface area contributed by atoms with Crippen LogP contribution in [0.4, 0.5) is 0 Å². The van der Waals surface area contributed by atoms with Crippen molar-refractivity contribution in [2.24, 2.45) is 5.10 Å². The molecule has 122 valence electrons. The third kappa shape index (κ3) is 3.53. The van der Waals surface area contributed by atoms with Gasteiger partial charge < -0.3 is 5.11 Å². The standard InChI is InChI=1S/C15H9Br3N4OS/c16-9-5-8(13(23)12(18)6-9)7-19-22-14(20-21-15(22)24)10-3-1-2-4-11(10)17/h1-7,23H,(H,21,24)/b19-7+. The molecule has 1 heterocycles. The quantitative estimate of drug-likeness (QED) is 0.346. The Hall–Kier alpha value is -1.29. The highest BCUT2D eigenvalue weighted by molar-refractivity contribution is 9.11. The molecule has 0 saturated heterocycles. The number of H-pyrrole nitrogens is 1. The molecule has 2 aromatic carbocycles. The summed E-state index contributed by atoms with van der Waals surface area (Å²) in [5, 5.41) is 21.5. The van der Waals surface area contributed by atoms with Gasteiger partial charge in [0.15, 0.2) is 5.82 Å². The van der Waals surface area contributed by atoms with E-state index >= 15 is 0 Å². The number of nitrogens with one attached hydrogen (secondary N) is 1. The molecule has 0 bridgehead atoms. The molecule has 1 aromatic heterocycles. The minimum absolute atomic E-state index is 0.0967. The number of benzene rings is 2. The molecular weight excluding hydrogens is 524 g/mol. The van der Waals surface area contributed by atoms with Gasteiger partial charge in [0.2, 0.25) is 4.77 Å². The van der Waals surface area contributed by atoms with Gasteiger partial charge in [-0.1, -0.05) is 44.0 Å². The van der Waals surface area contributed by atoms with Crippen molar-refractivity contribution in [1.29, 1.82) is 0 Å². The number of phenols is 1. The van der Waals surface area contributed by atoms with Crippen LogP contribution in [0.15, 0.2) is 54.9 Å². The molecule has 9 heteroatoms. The summed E-state index contributed by atoms with van der Waals surface area (Å²) in [7, 11) is 0. The first kappa shape index (κ1) is 17.5. The van der Waals surface area contributed by atoms with E-state index in [0.717, 1.165) is 14.5 Å². The van der Waals surface area contributed by atoms with Crippen molar-refractivity contribution in [2.75, 3.05) is 0 Å². The molecular formula is C15H9Br3N4OS. The van der Waals surface area contributed by atoms with Crippen molar-refractivity contribution in [2.45, 2.75) is 0 Å². The largest absolute Gasteiger partial charge is 0.506 e. The van der Waals surface area contributed by atoms with Gasteiger partial charge in [-0.15, -0.1) is 0 Å². The molecule has 0 aliphatic rings. The summed E-state index contributed by atoms with van der Waals surface area (Å²) in [5.74, 6) is 0.664. The minimum Gasteiger partial charge on any atom is -0.506 e. The SMILES string of the molecule is Oc1c(Br)cc(Br)cc1/C=N/n1c(-c2ccccc2Br)n[nH]c1=S. The van der Waals surface area contributed by atoms with Crippen LogP contribution in [0.1, 0.15) is 5.56 Å². The normalized spacial score (nSPS) is 11.3. The second-order valence-electron chi connectivity index (χ2n) is 4.71. The molecule has 0 fully saturated rings. The van der Waals surface area contributed by atoms with Crippen LogP contribution in [0.25, 0.3) is 11.4 Å². The van der Waals surface area contributed by atoms with Crippen LogP contribution in [0.3, 0.4) is 0 Å². The maximum atomic E-state index is 10.1. The number of aromatic nitrogens is 3. The molecule has 0 aliphatic heterocycles. The molecule has 0 atom stereocenters. The zero-order valence-electron chi connectivity index (χ0n) is 11.9. The van der Waals surface area contributed by atoms with Crippen LogP contribution >= 0.6 is 60.0 Å². The molecule has 0 unspecified atom stereocenters. The number of rotatable bonds is 3. The van der Waals surface area contributed by atoms with Gasteiger partial charge in [0.05, 0.1) is 10.7 Å². The summed E-state index contributed by atoms with van der Waals surface area (Å²) in [6.07, 6.45) is 1.52. The first-order valence-corrected chi connectivity index (χ1v) is 9.41. The van der Waals surface area contributed by atoms with Gasteiger partial charge in [-0.2, -0.15) is 14.9 Å². The molecule has 3 rings (SSSR count). The predicted molar refractivity (Wildman–Crippen MR) is 107 cm³/mol. The van der Waals surface area contributed by atoms with E-state index in [9.17, 15) is 5.11 Å². The van der Waals surface area contributed by atoms with Gasteiger partial charge in [0.25, 0.3) is 0 Å². The average Bonchev–Trinajstić information content (AvgIpc) is 2.90. The van der Waals surface area contributed by atoms with Gasteiger partial charge in [-0.05, 0) is 52.4 Å². The fourth-order valence-electron chi connectivity index (χ4n) is 2.02. The summed E-state index contributed by atoms with van der Waals surface area (Å²) in [4.78, 5) is 0. The number of phenolic OH excluding ortho intramolecular Hbond substituents is 1. The monoisotopic (exact) mass is 530 g/mol. The molecule has 3 aromatic rings. The van der Waals surface area contributed by atoms with E-state index in [0.29, 0.717) is 20.6 Å². The zero-order chi connectivity index (χ0) is 17.3. The molecule has 0 saturated carbocycles. The van der Waals surface area contributed by atoms with E-state index in [-0.39, 0.29) is 5.75 Å². The maximum Gasteiger partial charge on any atom is 0.216 e. The number of halogens is 3. The van der Waals surface area contributed by atoms with Crippen LogP contribution in [-0.4, -0.2) is 26.2 Å². The van der Waals surface area contributed by atoms with Crippen molar-refractivity contribution >= 4 is 66.2 Å². The Morgan fingerprint density at radius 2 is 1.92 bits per heavy atom. The highest BCUT2D eigenvalue weighted by Crippen LogP contribution is 2.31. The lowest BCUT2D eigenvalue weighted by Gasteiger charge is -2.05. The van der Waals surface area contributed by atoms with Gasteiger partial charge in [-0.3, -0.25) is 0 Å². The van der Waals surface area contributed by atoms with E-state index in [1.165, 1.54) is 10.9 Å². The summed E-state index contributed by atoms with van der Waals surface area (Å²) in [6, 6.07) is 11.2. The van der Waals surface area contributed by atoms with Crippen LogP contribution in [0.5, 0.6) is 5.75 Å². The Balaban J connectivity index is 2.08. The van der Waals surface area contributed by atoms with Crippen molar-refractivity contribution in [1.82, 2.24) is 14.9 Å². The second-order valence-corrected chi connectivity index (χ2v) is 7.73. The Morgan fingerprint density at radius 1 is 1.17 bits per heavy atom. The fourth-order valence-corrected chi connectivity index (χ4v) is 3.92. The first-order chi connectivity index (χ1) is 11.5. The maximum absolute atomic E-state index is 10.1. The second kappa shape index (κ2) is 7.30. The summed E-state index contributed by atoms with van der Waals surface area (Å²) >= 11 is 15.4. The Bertz CT molecular complexity index is 997. The van der Waals surface area contributed by atoms with Crippen LogP contribution < -0.4 is 0 Å². The number of aromatic hydroxyl groups is 1. The van der Waals surface area contributed by atoms with Gasteiger partial charge >= 0.3 is 0 Å². The van der Waals surface area contributed by atoms with Crippen molar-refractivity contribution in [3.8, 4) is 17.1 Å². The van der Waals surface area contributed by atoms with Crippen molar-refractivity contribution in [3.63, 3.8) is 0 Å². The lowest BCUT2D eigenvalue weighted by atomic mass is 10.2. The Labute approximate surface area is 167 Å². The number of hydrogen-bond acceptors (Lipinski definition) is 4. The lowest BCUT2D eigenvalue weighted by Crippen LogP contribution is -1.96. The van der Waals surface area contributed by atoms with E-state index in [1.54, 1.807) is 12.1 Å². The van der Waals surface area contributed by atoms with E-state index < -0.39 is 0 Å². The zero-order valence-corrected chi connectivity index (χ0v) is 17.4. The molecule has 0 aliphatic carbocycles. The number of nitrogens with zero attached hydrogens (tertiary/aromatic N) is 3. The average molecular weight is 533 g/mol. The minimum atomic E-state index is 0.0967. The predicted octanol–water partition coefficient (Wildman–Crippen LogP) is 5.48. The highest BCUT2D eigenvalue weighted by atomic mass is 79.9. The van der Waals surface area contributed by atoms with Gasteiger partial charge in [-0.25, -0.2) is 5.10 Å². The Kier molecular flexibility index (Phi) is 5.33. The van der Waals surface area contributed by atoms with Crippen molar-refractivity contribution < 1.29 is 5.11 Å². The smallest absolute Gasteiger partial charge is 0.216 e. The molecule has 0 amide bonds. The first-order valence-electron chi connectivity index (χ1n) is 6.62. The van der Waals surface area contributed by atoms with Crippen LogP contribution in [0, 0.1) is 4.77 Å². The number of aromatic amines is 1. The third-order valence-electron chi connectivity index (χ3n) is 3.14. The summed E-state index contributed by atoms with van der Waals surface area (Å²) in [5.41, 5.74) is 1.39. The molecule has 0 radical (unpaired) electrons. The third-order valence-corrected chi connectivity index (χ3v) is 5.15. The van der Waals surface area contributed by atoms with Crippen LogP contribution in [-0.2, 0) is 0 Å².